The van der Waals surface area contributed by atoms with Crippen molar-refractivity contribution in [3.8, 4) is 0 Å². The summed E-state index contributed by atoms with van der Waals surface area (Å²) in [7, 11) is 0. The van der Waals surface area contributed by atoms with Gasteiger partial charge in [0, 0.05) is 13.0 Å². The predicted octanol–water partition coefficient (Wildman–Crippen LogP) is 1.43. The molecule has 0 saturated carbocycles. The lowest BCUT2D eigenvalue weighted by Gasteiger charge is -2.15. The van der Waals surface area contributed by atoms with Crippen LogP contribution in [0.2, 0.25) is 0 Å². The number of nitrogens with zero attached hydrogens (tertiary/aromatic N) is 2. The van der Waals surface area contributed by atoms with Gasteiger partial charge in [-0.1, -0.05) is 6.07 Å². The third kappa shape index (κ3) is 1.59. The van der Waals surface area contributed by atoms with Gasteiger partial charge >= 0.3 is 0 Å². The highest BCUT2D eigenvalue weighted by molar-refractivity contribution is 5.93. The van der Waals surface area contributed by atoms with E-state index in [2.05, 4.69) is 10.3 Å². The summed E-state index contributed by atoms with van der Waals surface area (Å²) in [6.07, 6.45) is -0.0269. The third-order valence-electron chi connectivity index (χ3n) is 3.07. The highest BCUT2D eigenvalue weighted by atomic mass is 16.3. The maximum atomic E-state index is 11.3. The number of carbonyl (C=O) groups excluding carboxylic acids is 1. The van der Waals surface area contributed by atoms with E-state index in [0.717, 1.165) is 16.6 Å². The number of nitrogens with one attached hydrogen (secondary N) is 1. The molecule has 1 amide bonds. The van der Waals surface area contributed by atoms with Gasteiger partial charge in [0.25, 0.3) is 0 Å². The number of rotatable bonds is 1. The molecule has 5 heteroatoms. The number of benzene rings is 1. The summed E-state index contributed by atoms with van der Waals surface area (Å²) >= 11 is 0. The Bertz CT molecular complexity index is 601. The smallest absolute Gasteiger partial charge is 0.228 e. The fourth-order valence-corrected chi connectivity index (χ4v) is 2.12. The van der Waals surface area contributed by atoms with Gasteiger partial charge in [-0.2, -0.15) is 0 Å². The van der Waals surface area contributed by atoms with Crippen molar-refractivity contribution in [1.29, 1.82) is 0 Å². The molecular weight excluding hydrogens is 218 g/mol. The molecule has 5 nitrogen and oxygen atoms in total. The fourth-order valence-electron chi connectivity index (χ4n) is 2.12. The third-order valence-corrected chi connectivity index (χ3v) is 3.07. The lowest BCUT2D eigenvalue weighted by molar-refractivity contribution is -0.116. The van der Waals surface area contributed by atoms with Crippen molar-refractivity contribution in [1.82, 2.24) is 9.55 Å². The number of aromatic nitrogens is 2. The van der Waals surface area contributed by atoms with Crippen LogP contribution in [-0.2, 0) is 11.3 Å². The van der Waals surface area contributed by atoms with E-state index in [4.69, 9.17) is 0 Å². The molecule has 1 aliphatic rings. The summed E-state index contributed by atoms with van der Waals surface area (Å²) in [5, 5.41) is 12.3. The number of aryl methyl sites for hydroxylation is 1. The van der Waals surface area contributed by atoms with E-state index < -0.39 is 6.10 Å². The molecule has 0 aliphatic carbocycles. The Labute approximate surface area is 98.1 Å². The van der Waals surface area contributed by atoms with Crippen molar-refractivity contribution in [2.75, 3.05) is 5.32 Å². The minimum Gasteiger partial charge on any atom is -0.389 e. The average Bonchev–Trinajstić information content (AvgIpc) is 2.64. The molecule has 2 heterocycles. The molecule has 1 aromatic carbocycles. The van der Waals surface area contributed by atoms with Crippen molar-refractivity contribution < 1.29 is 9.90 Å². The van der Waals surface area contributed by atoms with Gasteiger partial charge in [-0.3, -0.25) is 10.1 Å². The average molecular weight is 231 g/mol. The van der Waals surface area contributed by atoms with Crippen LogP contribution in [0.1, 0.15) is 25.0 Å². The van der Waals surface area contributed by atoms with Crippen LogP contribution in [0.25, 0.3) is 11.0 Å². The zero-order valence-electron chi connectivity index (χ0n) is 9.47. The van der Waals surface area contributed by atoms with E-state index in [0.29, 0.717) is 18.9 Å². The second kappa shape index (κ2) is 3.56. The first-order valence-corrected chi connectivity index (χ1v) is 5.63. The SMILES string of the molecule is CC(O)c1ccc2nc3n(c2c1)CCC(=O)N3. The molecule has 0 bridgehead atoms. The summed E-state index contributed by atoms with van der Waals surface area (Å²) in [6.45, 7) is 2.37. The normalized spacial score (nSPS) is 16.7. The molecule has 88 valence electrons. The Balaban J connectivity index is 2.19. The maximum absolute atomic E-state index is 11.3. The van der Waals surface area contributed by atoms with Crippen LogP contribution in [0, 0.1) is 0 Å². The molecular formula is C12H13N3O2. The number of carbonyl (C=O) groups is 1. The molecule has 1 atom stereocenters. The molecule has 0 fully saturated rings. The van der Waals surface area contributed by atoms with Crippen LogP contribution < -0.4 is 5.32 Å². The van der Waals surface area contributed by atoms with Gasteiger partial charge in [0.05, 0.1) is 17.1 Å². The Morgan fingerprint density at radius 2 is 2.35 bits per heavy atom. The Kier molecular flexibility index (Phi) is 2.16. The first-order chi connectivity index (χ1) is 8.15. The first-order valence-electron chi connectivity index (χ1n) is 5.63. The van der Waals surface area contributed by atoms with Crippen molar-refractivity contribution in [2.24, 2.45) is 0 Å². The van der Waals surface area contributed by atoms with Gasteiger partial charge in [-0.15, -0.1) is 0 Å². The molecule has 1 aromatic heterocycles. The van der Waals surface area contributed by atoms with E-state index in [1.807, 2.05) is 22.8 Å². The van der Waals surface area contributed by atoms with Crippen LogP contribution in [0.5, 0.6) is 0 Å². The molecule has 1 unspecified atom stereocenters. The van der Waals surface area contributed by atoms with Crippen LogP contribution in [0.3, 0.4) is 0 Å². The summed E-state index contributed by atoms with van der Waals surface area (Å²) in [5.41, 5.74) is 2.65. The van der Waals surface area contributed by atoms with Crippen molar-refractivity contribution in [2.45, 2.75) is 26.0 Å². The Hall–Kier alpha value is -1.88. The standard InChI is InChI=1S/C12H13N3O2/c1-7(16)8-2-3-9-10(6-8)15-5-4-11(17)14-12(15)13-9/h2-3,6-7,16H,4-5H2,1H3,(H,13,14,17). The minimum atomic E-state index is -0.497. The molecule has 2 N–H and O–H groups in total. The van der Waals surface area contributed by atoms with E-state index in [-0.39, 0.29) is 5.91 Å². The molecule has 2 aromatic rings. The van der Waals surface area contributed by atoms with E-state index in [9.17, 15) is 9.90 Å². The largest absolute Gasteiger partial charge is 0.389 e. The minimum absolute atomic E-state index is 0.00329. The quantitative estimate of drug-likeness (QED) is 0.780. The number of amides is 1. The van der Waals surface area contributed by atoms with Crippen molar-refractivity contribution >= 4 is 22.9 Å². The number of imidazole rings is 1. The second-order valence-electron chi connectivity index (χ2n) is 4.31. The first kappa shape index (κ1) is 10.3. The molecule has 1 aliphatic heterocycles. The van der Waals surface area contributed by atoms with Crippen LogP contribution in [-0.4, -0.2) is 20.6 Å². The van der Waals surface area contributed by atoms with E-state index >= 15 is 0 Å². The monoisotopic (exact) mass is 231 g/mol. The number of aliphatic hydroxyl groups is 1. The number of fused-ring (bicyclic) bond motifs is 3. The van der Waals surface area contributed by atoms with Crippen LogP contribution in [0.15, 0.2) is 18.2 Å². The molecule has 0 spiro atoms. The fraction of sp³-hybridized carbons (Fsp3) is 0.333. The number of hydrogen-bond acceptors (Lipinski definition) is 3. The summed E-state index contributed by atoms with van der Waals surface area (Å²) in [5.74, 6) is 0.600. The van der Waals surface area contributed by atoms with Gasteiger partial charge in [-0.25, -0.2) is 4.98 Å². The lowest BCUT2D eigenvalue weighted by Crippen LogP contribution is -2.23. The number of aliphatic hydroxyl groups excluding tert-OH is 1. The number of hydrogen-bond donors (Lipinski definition) is 2. The van der Waals surface area contributed by atoms with Crippen molar-refractivity contribution in [3.05, 3.63) is 23.8 Å². The predicted molar refractivity (Wildman–Crippen MR) is 63.6 cm³/mol. The maximum Gasteiger partial charge on any atom is 0.228 e. The van der Waals surface area contributed by atoms with Crippen LogP contribution >= 0.6 is 0 Å². The molecule has 17 heavy (non-hydrogen) atoms. The van der Waals surface area contributed by atoms with Gasteiger partial charge in [-0.05, 0) is 24.6 Å². The van der Waals surface area contributed by atoms with E-state index in [1.165, 1.54) is 0 Å². The van der Waals surface area contributed by atoms with Gasteiger partial charge < -0.3 is 9.67 Å². The van der Waals surface area contributed by atoms with Crippen LogP contribution in [0.4, 0.5) is 5.95 Å². The van der Waals surface area contributed by atoms with Gasteiger partial charge in [0.15, 0.2) is 0 Å². The zero-order valence-corrected chi connectivity index (χ0v) is 9.47. The summed E-state index contributed by atoms with van der Waals surface area (Å²) in [6, 6.07) is 5.65. The highest BCUT2D eigenvalue weighted by Crippen LogP contribution is 2.25. The Morgan fingerprint density at radius 1 is 1.53 bits per heavy atom. The molecule has 3 rings (SSSR count). The van der Waals surface area contributed by atoms with E-state index in [1.54, 1.807) is 6.92 Å². The second-order valence-corrected chi connectivity index (χ2v) is 4.31. The summed E-state index contributed by atoms with van der Waals surface area (Å²) < 4.78 is 1.97. The van der Waals surface area contributed by atoms with Crippen molar-refractivity contribution in [3.63, 3.8) is 0 Å². The Morgan fingerprint density at radius 3 is 3.12 bits per heavy atom. The zero-order chi connectivity index (χ0) is 12.0. The topological polar surface area (TPSA) is 67.2 Å². The van der Waals surface area contributed by atoms with Gasteiger partial charge in [0.1, 0.15) is 0 Å². The highest BCUT2D eigenvalue weighted by Gasteiger charge is 2.19. The lowest BCUT2D eigenvalue weighted by atomic mass is 10.1. The molecule has 0 radical (unpaired) electrons. The molecule has 0 saturated heterocycles. The number of anilines is 1. The summed E-state index contributed by atoms with van der Waals surface area (Å²) in [4.78, 5) is 15.6. The van der Waals surface area contributed by atoms with Gasteiger partial charge in [0.2, 0.25) is 11.9 Å².